The number of fused-ring (bicyclic) bond motifs is 4. The van der Waals surface area contributed by atoms with Crippen LogP contribution in [0, 0.1) is 0 Å². The summed E-state index contributed by atoms with van der Waals surface area (Å²) >= 11 is 0. The van der Waals surface area contributed by atoms with E-state index in [0.717, 1.165) is 30.0 Å². The maximum Gasteiger partial charge on any atom is 0.116 e. The highest BCUT2D eigenvalue weighted by molar-refractivity contribution is 5.94. The normalized spacial score (nSPS) is 12.7. The molecule has 0 spiro atoms. The minimum absolute atomic E-state index is 0.295. The van der Waals surface area contributed by atoms with E-state index in [1.54, 1.807) is 12.1 Å². The lowest BCUT2D eigenvalue weighted by Crippen LogP contribution is -2.07. The van der Waals surface area contributed by atoms with E-state index in [9.17, 15) is 10.2 Å². The van der Waals surface area contributed by atoms with Crippen LogP contribution in [0.15, 0.2) is 55.1 Å². The molecule has 0 saturated heterocycles. The molecule has 0 saturated carbocycles. The van der Waals surface area contributed by atoms with E-state index in [1.165, 1.54) is 27.8 Å². The summed E-state index contributed by atoms with van der Waals surface area (Å²) in [5.74, 6) is 0.619. The third-order valence-corrected chi connectivity index (χ3v) is 4.72. The number of phenols is 2. The zero-order valence-corrected chi connectivity index (χ0v) is 12.8. The minimum atomic E-state index is 0.295. The van der Waals surface area contributed by atoms with Gasteiger partial charge in [-0.15, -0.1) is 6.58 Å². The van der Waals surface area contributed by atoms with Crippen molar-refractivity contribution in [2.24, 2.45) is 0 Å². The monoisotopic (exact) mass is 302 g/mol. The summed E-state index contributed by atoms with van der Waals surface area (Å²) in [5.41, 5.74) is 6.22. The van der Waals surface area contributed by atoms with Gasteiger partial charge in [0, 0.05) is 0 Å². The number of rotatable bonds is 2. The van der Waals surface area contributed by atoms with E-state index in [-0.39, 0.29) is 0 Å². The van der Waals surface area contributed by atoms with Crippen LogP contribution in [-0.4, -0.2) is 10.2 Å². The second-order valence-corrected chi connectivity index (χ2v) is 6.12. The zero-order valence-electron chi connectivity index (χ0n) is 12.8. The molecule has 1 aliphatic rings. The van der Waals surface area contributed by atoms with Crippen LogP contribution in [0.25, 0.3) is 21.9 Å². The quantitative estimate of drug-likeness (QED) is 0.671. The van der Waals surface area contributed by atoms with Crippen LogP contribution in [0.2, 0.25) is 0 Å². The molecule has 0 heterocycles. The Morgan fingerprint density at radius 1 is 0.913 bits per heavy atom. The van der Waals surface area contributed by atoms with Gasteiger partial charge in [0.25, 0.3) is 0 Å². The maximum absolute atomic E-state index is 9.86. The van der Waals surface area contributed by atoms with Gasteiger partial charge in [-0.3, -0.25) is 0 Å². The van der Waals surface area contributed by atoms with Crippen molar-refractivity contribution < 1.29 is 10.2 Å². The van der Waals surface area contributed by atoms with Crippen LogP contribution in [0.5, 0.6) is 11.5 Å². The average molecular weight is 302 g/mol. The number of benzene rings is 3. The van der Waals surface area contributed by atoms with Gasteiger partial charge in [0.05, 0.1) is 0 Å². The fourth-order valence-corrected chi connectivity index (χ4v) is 3.71. The van der Waals surface area contributed by atoms with E-state index >= 15 is 0 Å². The summed E-state index contributed by atoms with van der Waals surface area (Å²) in [6.45, 7) is 3.89. The van der Waals surface area contributed by atoms with Crippen LogP contribution in [0.3, 0.4) is 0 Å². The second kappa shape index (κ2) is 5.17. The van der Waals surface area contributed by atoms with Crippen molar-refractivity contribution in [3.8, 4) is 22.6 Å². The topological polar surface area (TPSA) is 40.5 Å². The highest BCUT2D eigenvalue weighted by atomic mass is 16.3. The highest BCUT2D eigenvalue weighted by Crippen LogP contribution is 2.40. The lowest BCUT2D eigenvalue weighted by atomic mass is 9.80. The first-order valence-corrected chi connectivity index (χ1v) is 7.88. The number of aromatic hydroxyl groups is 2. The van der Waals surface area contributed by atoms with Gasteiger partial charge in [0.1, 0.15) is 11.5 Å². The van der Waals surface area contributed by atoms with E-state index in [0.29, 0.717) is 11.5 Å². The molecule has 23 heavy (non-hydrogen) atoms. The maximum atomic E-state index is 9.86. The first-order valence-electron chi connectivity index (χ1n) is 7.88. The van der Waals surface area contributed by atoms with Crippen molar-refractivity contribution in [2.75, 3.05) is 0 Å². The van der Waals surface area contributed by atoms with Gasteiger partial charge in [0.15, 0.2) is 0 Å². The number of allylic oxidation sites excluding steroid dienone is 1. The molecule has 0 bridgehead atoms. The van der Waals surface area contributed by atoms with Gasteiger partial charge in [-0.1, -0.05) is 18.2 Å². The fraction of sp³-hybridized carbons (Fsp3) is 0.143. The van der Waals surface area contributed by atoms with E-state index in [4.69, 9.17) is 0 Å². The number of hydrogen-bond donors (Lipinski definition) is 2. The first kappa shape index (κ1) is 13.9. The molecule has 2 heteroatoms. The molecule has 3 aromatic carbocycles. The largest absolute Gasteiger partial charge is 0.508 e. The highest BCUT2D eigenvalue weighted by Gasteiger charge is 2.21. The lowest BCUT2D eigenvalue weighted by Gasteiger charge is -2.24. The molecule has 2 nitrogen and oxygen atoms in total. The molecule has 0 unspecified atom stereocenters. The summed E-state index contributed by atoms with van der Waals surface area (Å²) in [5, 5.41) is 21.8. The molecule has 0 aliphatic heterocycles. The van der Waals surface area contributed by atoms with Crippen molar-refractivity contribution in [3.05, 3.63) is 71.8 Å². The molecular formula is C21H18O2. The third kappa shape index (κ3) is 2.18. The molecular weight excluding hydrogens is 284 g/mol. The Morgan fingerprint density at radius 3 is 2.52 bits per heavy atom. The van der Waals surface area contributed by atoms with Gasteiger partial charge in [-0.2, -0.15) is 0 Å². The fourth-order valence-electron chi connectivity index (χ4n) is 3.71. The number of phenolic OH excluding ortho intramolecular Hbond substituents is 2. The summed E-state index contributed by atoms with van der Waals surface area (Å²) in [6, 6.07) is 13.4. The molecule has 3 aromatic rings. The van der Waals surface area contributed by atoms with Crippen molar-refractivity contribution in [2.45, 2.75) is 19.3 Å². The first-order chi connectivity index (χ1) is 11.2. The molecule has 0 amide bonds. The van der Waals surface area contributed by atoms with Gasteiger partial charge >= 0.3 is 0 Å². The Kier molecular flexibility index (Phi) is 3.12. The van der Waals surface area contributed by atoms with Crippen LogP contribution < -0.4 is 0 Å². The predicted octanol–water partition coefficient (Wildman–Crippen LogP) is 4.75. The Labute approximate surface area is 135 Å². The van der Waals surface area contributed by atoms with E-state index in [1.807, 2.05) is 30.3 Å². The Balaban J connectivity index is 2.07. The summed E-state index contributed by atoms with van der Waals surface area (Å²) < 4.78 is 0. The molecule has 0 aromatic heterocycles. The van der Waals surface area contributed by atoms with Crippen LogP contribution in [-0.2, 0) is 19.3 Å². The number of hydrogen-bond acceptors (Lipinski definition) is 2. The molecule has 0 fully saturated rings. The smallest absolute Gasteiger partial charge is 0.116 e. The Hall–Kier alpha value is -2.74. The van der Waals surface area contributed by atoms with Gasteiger partial charge in [0.2, 0.25) is 0 Å². The molecule has 114 valence electrons. The average Bonchev–Trinajstić information content (AvgIpc) is 2.54. The Bertz CT molecular complexity index is 938. The van der Waals surface area contributed by atoms with E-state index in [2.05, 4.69) is 12.6 Å². The van der Waals surface area contributed by atoms with Crippen LogP contribution in [0.4, 0.5) is 0 Å². The van der Waals surface area contributed by atoms with Crippen molar-refractivity contribution in [3.63, 3.8) is 0 Å². The summed E-state index contributed by atoms with van der Waals surface area (Å²) in [6.07, 6.45) is 4.58. The van der Waals surface area contributed by atoms with Gasteiger partial charge < -0.3 is 10.2 Å². The standard InChI is InChI=1S/C21H18O2/c1-2-3-18-19-8-5-13-10-15(22)7-9-17(13)21(19)11-14-4-6-16(23)12-20(14)18/h2,4,6-7,9-12,22-23H,1,3,5,8H2. The molecule has 0 radical (unpaired) electrons. The molecule has 4 rings (SSSR count). The molecule has 0 atom stereocenters. The molecule has 1 aliphatic carbocycles. The second-order valence-electron chi connectivity index (χ2n) is 6.12. The Morgan fingerprint density at radius 2 is 1.70 bits per heavy atom. The number of aryl methyl sites for hydroxylation is 1. The summed E-state index contributed by atoms with van der Waals surface area (Å²) in [7, 11) is 0. The van der Waals surface area contributed by atoms with Crippen molar-refractivity contribution in [1.29, 1.82) is 0 Å². The van der Waals surface area contributed by atoms with Crippen molar-refractivity contribution in [1.82, 2.24) is 0 Å². The van der Waals surface area contributed by atoms with E-state index < -0.39 is 0 Å². The minimum Gasteiger partial charge on any atom is -0.508 e. The molecule has 2 N–H and O–H groups in total. The SMILES string of the molecule is C=CCc1c2c(cc3ccc(O)cc13)-c1ccc(O)cc1CC2. The predicted molar refractivity (Wildman–Crippen MR) is 94.0 cm³/mol. The van der Waals surface area contributed by atoms with Crippen LogP contribution in [0.1, 0.15) is 16.7 Å². The van der Waals surface area contributed by atoms with Gasteiger partial charge in [-0.05, 0) is 88.2 Å². The lowest BCUT2D eigenvalue weighted by molar-refractivity contribution is 0.474. The van der Waals surface area contributed by atoms with Crippen molar-refractivity contribution >= 4 is 10.8 Å². The summed E-state index contributed by atoms with van der Waals surface area (Å²) in [4.78, 5) is 0. The van der Waals surface area contributed by atoms with Gasteiger partial charge in [-0.25, -0.2) is 0 Å². The zero-order chi connectivity index (χ0) is 16.0. The third-order valence-electron chi connectivity index (χ3n) is 4.72. The van der Waals surface area contributed by atoms with Crippen LogP contribution >= 0.6 is 0 Å².